The van der Waals surface area contributed by atoms with Crippen LogP contribution in [0.2, 0.25) is 0 Å². The van der Waals surface area contributed by atoms with Gasteiger partial charge in [-0.2, -0.15) is 13.2 Å². The van der Waals surface area contributed by atoms with E-state index in [0.29, 0.717) is 17.5 Å². The monoisotopic (exact) mass is 548 g/mol. The number of alkyl halides is 3. The summed E-state index contributed by atoms with van der Waals surface area (Å²) in [6, 6.07) is 26.0. The van der Waals surface area contributed by atoms with Crippen LogP contribution in [0.3, 0.4) is 0 Å². The topological polar surface area (TPSA) is 17.1 Å². The molecule has 0 spiro atoms. The number of carbonyl (C=O) groups is 1. The van der Waals surface area contributed by atoms with E-state index in [1.54, 1.807) is 30.3 Å². The lowest BCUT2D eigenvalue weighted by molar-refractivity contribution is -0.137. The van der Waals surface area contributed by atoms with Gasteiger partial charge in [0.2, 0.25) is 0 Å². The summed E-state index contributed by atoms with van der Waals surface area (Å²) in [5, 5.41) is -0.0299. The second-order valence-corrected chi connectivity index (χ2v) is 9.97. The van der Waals surface area contributed by atoms with Gasteiger partial charge in [-0.1, -0.05) is 72.4 Å². The van der Waals surface area contributed by atoms with Crippen LogP contribution in [-0.4, -0.2) is 5.12 Å². The van der Waals surface area contributed by atoms with Crippen molar-refractivity contribution in [2.24, 2.45) is 0 Å². The molecule has 4 aromatic rings. The third-order valence-corrected chi connectivity index (χ3v) is 6.53. The van der Waals surface area contributed by atoms with Crippen LogP contribution in [0, 0.1) is 35.5 Å². The first-order valence-corrected chi connectivity index (χ1v) is 13.3. The average Bonchev–Trinajstić information content (AvgIpc) is 2.94. The van der Waals surface area contributed by atoms with Gasteiger partial charge >= 0.3 is 6.18 Å². The molecule has 0 aliphatic carbocycles. The first-order valence-electron chi connectivity index (χ1n) is 12.4. The first-order chi connectivity index (χ1) is 19.2. The molecule has 0 aromatic heterocycles. The van der Waals surface area contributed by atoms with Gasteiger partial charge in [0.25, 0.3) is 0 Å². The quantitative estimate of drug-likeness (QED) is 0.186. The molecule has 0 N–H and O–H groups in total. The fourth-order valence-corrected chi connectivity index (χ4v) is 4.37. The third-order valence-electron chi connectivity index (χ3n) is 5.73. The summed E-state index contributed by atoms with van der Waals surface area (Å²) < 4.78 is 41.7. The van der Waals surface area contributed by atoms with Crippen LogP contribution in [-0.2, 0) is 17.4 Å². The van der Waals surface area contributed by atoms with E-state index in [1.165, 1.54) is 19.1 Å². The standard InChI is InChI=1S/C35H23F3OS/c1-3-30-23-28(12-18-31(30)17-11-26-7-5-4-6-8-26)13-19-32-20-14-29(24-34(32)35(36,37)38)10-9-27-15-21-33(22-16-27)40-25(2)39/h4-8,12,14-16,18,20-24H,3H2,1-2H3. The first kappa shape index (κ1) is 28.4. The Labute approximate surface area is 236 Å². The molecular formula is C35H23F3OS. The van der Waals surface area contributed by atoms with Crippen molar-refractivity contribution in [2.45, 2.75) is 31.3 Å². The van der Waals surface area contributed by atoms with Crippen molar-refractivity contribution in [3.63, 3.8) is 0 Å². The fraction of sp³-hybridized carbons (Fsp3) is 0.114. The van der Waals surface area contributed by atoms with Gasteiger partial charge in [-0.3, -0.25) is 4.79 Å². The molecule has 5 heteroatoms. The number of benzene rings is 4. The van der Waals surface area contributed by atoms with Crippen LogP contribution >= 0.6 is 11.8 Å². The van der Waals surface area contributed by atoms with Crippen LogP contribution in [0.15, 0.2) is 95.9 Å². The molecule has 40 heavy (non-hydrogen) atoms. The Morgan fingerprint density at radius 3 is 1.85 bits per heavy atom. The van der Waals surface area contributed by atoms with Gasteiger partial charge in [0.15, 0.2) is 5.12 Å². The van der Waals surface area contributed by atoms with Crippen molar-refractivity contribution < 1.29 is 18.0 Å². The van der Waals surface area contributed by atoms with Crippen molar-refractivity contribution in [1.82, 2.24) is 0 Å². The predicted octanol–water partition coefficient (Wildman–Crippen LogP) is 8.11. The number of hydrogen-bond donors (Lipinski definition) is 0. The highest BCUT2D eigenvalue weighted by Crippen LogP contribution is 2.32. The molecule has 0 aliphatic heterocycles. The maximum Gasteiger partial charge on any atom is 0.417 e. The van der Waals surface area contributed by atoms with Gasteiger partial charge < -0.3 is 0 Å². The van der Waals surface area contributed by atoms with Crippen molar-refractivity contribution in [3.8, 4) is 35.5 Å². The summed E-state index contributed by atoms with van der Waals surface area (Å²) in [6.07, 6.45) is -3.87. The Morgan fingerprint density at radius 1 is 0.675 bits per heavy atom. The summed E-state index contributed by atoms with van der Waals surface area (Å²) in [5.41, 5.74) is 3.28. The molecule has 0 saturated heterocycles. The lowest BCUT2D eigenvalue weighted by Gasteiger charge is -2.09. The lowest BCUT2D eigenvalue weighted by Crippen LogP contribution is -2.08. The van der Waals surface area contributed by atoms with Crippen LogP contribution in [0.4, 0.5) is 13.2 Å². The van der Waals surface area contributed by atoms with Gasteiger partial charge in [-0.15, -0.1) is 0 Å². The highest BCUT2D eigenvalue weighted by molar-refractivity contribution is 8.13. The molecule has 0 unspecified atom stereocenters. The minimum absolute atomic E-state index is 0.0299. The Kier molecular flexibility index (Phi) is 9.19. The van der Waals surface area contributed by atoms with Crippen molar-refractivity contribution in [1.29, 1.82) is 0 Å². The van der Waals surface area contributed by atoms with E-state index in [0.717, 1.165) is 39.4 Å². The number of thioether (sulfide) groups is 1. The minimum Gasteiger partial charge on any atom is -0.287 e. The van der Waals surface area contributed by atoms with Gasteiger partial charge in [-0.25, -0.2) is 0 Å². The molecule has 4 rings (SSSR count). The number of halogens is 3. The van der Waals surface area contributed by atoms with E-state index in [9.17, 15) is 18.0 Å². The van der Waals surface area contributed by atoms with E-state index in [1.807, 2.05) is 49.4 Å². The Bertz CT molecular complexity index is 1720. The van der Waals surface area contributed by atoms with E-state index in [4.69, 9.17) is 0 Å². The van der Waals surface area contributed by atoms with E-state index < -0.39 is 11.7 Å². The molecular weight excluding hydrogens is 525 g/mol. The maximum atomic E-state index is 13.9. The van der Waals surface area contributed by atoms with Gasteiger partial charge in [-0.05, 0) is 84.8 Å². The number of aryl methyl sites for hydroxylation is 1. The molecule has 196 valence electrons. The zero-order valence-electron chi connectivity index (χ0n) is 21.8. The zero-order chi connectivity index (χ0) is 28.5. The van der Waals surface area contributed by atoms with Crippen LogP contribution in [0.1, 0.15) is 58.4 Å². The normalized spacial score (nSPS) is 10.3. The number of carbonyl (C=O) groups excluding carboxylic acids is 1. The molecule has 0 heterocycles. The second-order valence-electron chi connectivity index (χ2n) is 8.72. The zero-order valence-corrected chi connectivity index (χ0v) is 22.6. The highest BCUT2D eigenvalue weighted by Gasteiger charge is 2.33. The summed E-state index contributed by atoms with van der Waals surface area (Å²) in [6.45, 7) is 3.48. The molecule has 0 fully saturated rings. The van der Waals surface area contributed by atoms with Gasteiger partial charge in [0.1, 0.15) is 0 Å². The van der Waals surface area contributed by atoms with Crippen LogP contribution < -0.4 is 0 Å². The van der Waals surface area contributed by atoms with Crippen molar-refractivity contribution in [2.75, 3.05) is 0 Å². The predicted molar refractivity (Wildman–Crippen MR) is 155 cm³/mol. The Hall–Kier alpha value is -4.63. The summed E-state index contributed by atoms with van der Waals surface area (Å²) in [4.78, 5) is 12.0. The van der Waals surface area contributed by atoms with Gasteiger partial charge in [0, 0.05) is 45.2 Å². The molecule has 1 nitrogen and oxygen atoms in total. The molecule has 0 atom stereocenters. The van der Waals surface area contributed by atoms with Crippen LogP contribution in [0.25, 0.3) is 0 Å². The lowest BCUT2D eigenvalue weighted by atomic mass is 10.0. The SMILES string of the molecule is CCc1cc(C#Cc2ccc(C#Cc3ccc(SC(C)=O)cc3)cc2C(F)(F)F)ccc1C#Cc1ccccc1. The minimum atomic E-state index is -4.58. The Balaban J connectivity index is 1.59. The number of hydrogen-bond acceptors (Lipinski definition) is 2. The highest BCUT2D eigenvalue weighted by atomic mass is 32.2. The van der Waals surface area contributed by atoms with E-state index in [2.05, 4.69) is 35.5 Å². The van der Waals surface area contributed by atoms with Gasteiger partial charge in [0.05, 0.1) is 5.56 Å². The number of rotatable bonds is 2. The molecule has 0 bridgehead atoms. The van der Waals surface area contributed by atoms with E-state index in [-0.39, 0.29) is 16.2 Å². The average molecular weight is 549 g/mol. The summed E-state index contributed by atoms with van der Waals surface area (Å²) in [7, 11) is 0. The molecule has 0 radical (unpaired) electrons. The fourth-order valence-electron chi connectivity index (χ4n) is 3.77. The maximum absolute atomic E-state index is 13.9. The molecule has 0 aliphatic rings. The summed E-state index contributed by atoms with van der Waals surface area (Å²) >= 11 is 1.10. The van der Waals surface area contributed by atoms with Crippen molar-refractivity contribution >= 4 is 16.9 Å². The van der Waals surface area contributed by atoms with E-state index >= 15 is 0 Å². The molecule has 0 amide bonds. The molecule has 0 saturated carbocycles. The van der Waals surface area contributed by atoms with Crippen molar-refractivity contribution in [3.05, 3.63) is 136 Å². The Morgan fingerprint density at radius 2 is 1.20 bits per heavy atom. The second kappa shape index (κ2) is 12.9. The van der Waals surface area contributed by atoms with Crippen LogP contribution in [0.5, 0.6) is 0 Å². The smallest absolute Gasteiger partial charge is 0.287 e. The largest absolute Gasteiger partial charge is 0.417 e. The molecule has 4 aromatic carbocycles. The summed E-state index contributed by atoms with van der Waals surface area (Å²) in [5.74, 6) is 17.6. The third kappa shape index (κ3) is 7.94.